The van der Waals surface area contributed by atoms with Gasteiger partial charge >= 0.3 is 0 Å². The average Bonchev–Trinajstić information content (AvgIpc) is 2.49. The predicted molar refractivity (Wildman–Crippen MR) is 58.9 cm³/mol. The summed E-state index contributed by atoms with van der Waals surface area (Å²) in [6, 6.07) is 2.47. The number of carbonyl (C=O) groups excluding carboxylic acids is 1. The zero-order valence-corrected chi connectivity index (χ0v) is 9.17. The summed E-state index contributed by atoms with van der Waals surface area (Å²) >= 11 is 0. The molecular weight excluding hydrogens is 192 g/mol. The van der Waals surface area contributed by atoms with Crippen molar-refractivity contribution >= 4 is 19.2 Å². The highest BCUT2D eigenvalue weighted by Gasteiger charge is 2.25. The van der Waals surface area contributed by atoms with Crippen molar-refractivity contribution in [3.8, 4) is 0 Å². The Morgan fingerprint density at radius 1 is 1.40 bits per heavy atom. The van der Waals surface area contributed by atoms with Crippen LogP contribution in [0.5, 0.6) is 0 Å². The van der Waals surface area contributed by atoms with Crippen molar-refractivity contribution in [1.29, 1.82) is 0 Å². The lowest BCUT2D eigenvalue weighted by atomic mass is 9.88. The fraction of sp³-hybridized carbons (Fsp3) is 0.364. The lowest BCUT2D eigenvalue weighted by molar-refractivity contribution is 0.0816. The molecular formula is C11H13BFNO. The van der Waals surface area contributed by atoms with Crippen LogP contribution in [0.25, 0.3) is 0 Å². The zero-order chi connectivity index (χ0) is 11.6. The number of nitrogens with zero attached hydrogens (tertiary/aromatic N) is 1. The lowest BCUT2D eigenvalue weighted by Crippen LogP contribution is -2.17. The van der Waals surface area contributed by atoms with E-state index in [2.05, 4.69) is 0 Å². The van der Waals surface area contributed by atoms with Crippen molar-refractivity contribution in [1.82, 2.24) is 4.90 Å². The summed E-state index contributed by atoms with van der Waals surface area (Å²) in [7, 11) is 7.24. The molecule has 78 valence electrons. The Labute approximate surface area is 90.5 Å². The number of amides is 1. The molecule has 0 saturated carbocycles. The molecule has 2 radical (unpaired) electrons. The molecule has 0 saturated heterocycles. The minimum Gasteiger partial charge on any atom is -0.337 e. The summed E-state index contributed by atoms with van der Waals surface area (Å²) < 4.78 is 12.9. The highest BCUT2D eigenvalue weighted by molar-refractivity contribution is 6.34. The maximum Gasteiger partial charge on any atom is 0.254 e. The molecule has 0 unspecified atom stereocenters. The third kappa shape index (κ3) is 2.03. The molecule has 0 atom stereocenters. The zero-order valence-electron chi connectivity index (χ0n) is 9.17. The highest BCUT2D eigenvalue weighted by atomic mass is 19.1. The van der Waals surface area contributed by atoms with E-state index in [0.29, 0.717) is 17.6 Å². The minimum atomic E-state index is -0.458. The number of carbonyl (C=O) groups is 1. The van der Waals surface area contributed by atoms with E-state index in [4.69, 9.17) is 7.85 Å². The standard InChI is InChI=1S/C9H7BFNO.C2H6/c1-12-4-7-6(9(12)13)2-5(11)3-8(7)10;1-2/h2-3H,4H2,1H3;1-2H3. The first-order valence-electron chi connectivity index (χ1n) is 4.93. The minimum absolute atomic E-state index is 0.166. The Balaban J connectivity index is 0.000000531. The van der Waals surface area contributed by atoms with Crippen molar-refractivity contribution in [2.45, 2.75) is 20.4 Å². The molecule has 2 rings (SSSR count). The van der Waals surface area contributed by atoms with E-state index < -0.39 is 5.82 Å². The number of benzene rings is 1. The van der Waals surface area contributed by atoms with Gasteiger partial charge in [0.1, 0.15) is 13.7 Å². The van der Waals surface area contributed by atoms with Crippen LogP contribution in [0, 0.1) is 5.82 Å². The fourth-order valence-electron chi connectivity index (χ4n) is 1.54. The van der Waals surface area contributed by atoms with Gasteiger partial charge in [0.2, 0.25) is 0 Å². The Morgan fingerprint density at radius 2 is 2.00 bits per heavy atom. The van der Waals surface area contributed by atoms with Gasteiger partial charge in [-0.2, -0.15) is 0 Å². The maximum atomic E-state index is 12.9. The Morgan fingerprint density at radius 3 is 2.60 bits per heavy atom. The highest BCUT2D eigenvalue weighted by Crippen LogP contribution is 2.19. The van der Waals surface area contributed by atoms with E-state index in [1.54, 1.807) is 7.05 Å². The van der Waals surface area contributed by atoms with Gasteiger partial charge in [0.25, 0.3) is 5.91 Å². The van der Waals surface area contributed by atoms with E-state index in [9.17, 15) is 9.18 Å². The van der Waals surface area contributed by atoms with Gasteiger partial charge in [0, 0.05) is 19.2 Å². The largest absolute Gasteiger partial charge is 0.337 e. The van der Waals surface area contributed by atoms with Crippen molar-refractivity contribution < 1.29 is 9.18 Å². The Bertz CT molecular complexity index is 392. The summed E-state index contributed by atoms with van der Waals surface area (Å²) in [6.07, 6.45) is 0. The predicted octanol–water partition coefficient (Wildman–Crippen LogP) is 1.23. The van der Waals surface area contributed by atoms with E-state index >= 15 is 0 Å². The number of halogens is 1. The Kier molecular flexibility index (Phi) is 3.50. The molecule has 4 heteroatoms. The summed E-state index contributed by atoms with van der Waals surface area (Å²) in [6.45, 7) is 4.47. The van der Waals surface area contributed by atoms with Crippen molar-refractivity contribution in [3.63, 3.8) is 0 Å². The van der Waals surface area contributed by atoms with Crippen LogP contribution in [0.15, 0.2) is 12.1 Å². The monoisotopic (exact) mass is 205 g/mol. The molecule has 0 spiro atoms. The third-order valence-electron chi connectivity index (χ3n) is 2.22. The second kappa shape index (κ2) is 4.47. The summed E-state index contributed by atoms with van der Waals surface area (Å²) in [5.74, 6) is -0.624. The van der Waals surface area contributed by atoms with E-state index in [0.717, 1.165) is 5.56 Å². The fourth-order valence-corrected chi connectivity index (χ4v) is 1.54. The van der Waals surface area contributed by atoms with Gasteiger partial charge in [-0.05, 0) is 17.7 Å². The third-order valence-corrected chi connectivity index (χ3v) is 2.22. The Hall–Kier alpha value is -1.32. The molecule has 1 aliphatic heterocycles. The number of hydrogen-bond acceptors (Lipinski definition) is 1. The quantitative estimate of drug-likeness (QED) is 0.583. The molecule has 15 heavy (non-hydrogen) atoms. The van der Waals surface area contributed by atoms with Gasteiger partial charge in [0.15, 0.2) is 0 Å². The molecule has 2 nitrogen and oxygen atoms in total. The van der Waals surface area contributed by atoms with Crippen LogP contribution in [0.3, 0.4) is 0 Å². The van der Waals surface area contributed by atoms with Crippen LogP contribution < -0.4 is 5.46 Å². The van der Waals surface area contributed by atoms with Crippen molar-refractivity contribution in [2.24, 2.45) is 0 Å². The van der Waals surface area contributed by atoms with E-state index in [1.807, 2.05) is 13.8 Å². The van der Waals surface area contributed by atoms with Gasteiger partial charge in [-0.25, -0.2) is 4.39 Å². The number of fused-ring (bicyclic) bond motifs is 1. The van der Waals surface area contributed by atoms with Crippen LogP contribution in [-0.4, -0.2) is 25.7 Å². The first-order chi connectivity index (χ1) is 7.09. The normalized spacial score (nSPS) is 13.3. The summed E-state index contributed by atoms with van der Waals surface area (Å²) in [5, 5.41) is 0. The number of rotatable bonds is 0. The van der Waals surface area contributed by atoms with Gasteiger partial charge in [-0.15, -0.1) is 0 Å². The topological polar surface area (TPSA) is 20.3 Å². The molecule has 0 aromatic heterocycles. The summed E-state index contributed by atoms with van der Waals surface area (Å²) in [4.78, 5) is 12.9. The smallest absolute Gasteiger partial charge is 0.254 e. The molecule has 1 aromatic rings. The van der Waals surface area contributed by atoms with Crippen LogP contribution in [0.1, 0.15) is 29.8 Å². The van der Waals surface area contributed by atoms with Crippen molar-refractivity contribution in [2.75, 3.05) is 7.05 Å². The maximum absolute atomic E-state index is 12.9. The molecule has 1 heterocycles. The van der Waals surface area contributed by atoms with Crippen LogP contribution >= 0.6 is 0 Å². The summed E-state index contributed by atoms with van der Waals surface area (Å²) in [5.41, 5.74) is 1.47. The van der Waals surface area contributed by atoms with Crippen LogP contribution in [0.2, 0.25) is 0 Å². The lowest BCUT2D eigenvalue weighted by Gasteiger charge is -2.05. The van der Waals surface area contributed by atoms with Crippen molar-refractivity contribution in [3.05, 3.63) is 29.1 Å². The first-order valence-corrected chi connectivity index (χ1v) is 4.93. The second-order valence-corrected chi connectivity index (χ2v) is 3.18. The molecule has 1 aliphatic rings. The van der Waals surface area contributed by atoms with Crippen LogP contribution in [-0.2, 0) is 6.54 Å². The molecule has 0 N–H and O–H groups in total. The molecule has 0 aliphatic carbocycles. The van der Waals surface area contributed by atoms with Gasteiger partial charge in [-0.1, -0.05) is 19.3 Å². The molecule has 1 aromatic carbocycles. The first kappa shape index (κ1) is 11.8. The number of hydrogen-bond donors (Lipinski definition) is 0. The molecule has 0 bridgehead atoms. The molecule has 1 amide bonds. The van der Waals surface area contributed by atoms with Gasteiger partial charge in [-0.3, -0.25) is 4.79 Å². The second-order valence-electron chi connectivity index (χ2n) is 3.18. The van der Waals surface area contributed by atoms with Gasteiger partial charge < -0.3 is 4.90 Å². The average molecular weight is 205 g/mol. The molecule has 0 fully saturated rings. The van der Waals surface area contributed by atoms with Gasteiger partial charge in [0.05, 0.1) is 0 Å². The van der Waals surface area contributed by atoms with E-state index in [1.165, 1.54) is 17.0 Å². The van der Waals surface area contributed by atoms with Crippen LogP contribution in [0.4, 0.5) is 4.39 Å². The van der Waals surface area contributed by atoms with E-state index in [-0.39, 0.29) is 5.91 Å². The SMILES string of the molecule is CC.[B]c1cc(F)cc2c1CN(C)C2=O.